The van der Waals surface area contributed by atoms with E-state index >= 15 is 0 Å². The monoisotopic (exact) mass is 405 g/mol. The van der Waals surface area contributed by atoms with E-state index in [-0.39, 0.29) is 11.8 Å². The largest absolute Gasteiger partial charge is 0.494 e. The molecule has 2 aromatic carbocycles. The lowest BCUT2D eigenvalue weighted by Crippen LogP contribution is -2.24. The number of anilines is 1. The number of nitrogens with zero attached hydrogens (tertiary/aromatic N) is 3. The summed E-state index contributed by atoms with van der Waals surface area (Å²) in [6.45, 7) is 7.50. The van der Waals surface area contributed by atoms with Gasteiger partial charge in [0.1, 0.15) is 5.75 Å². The Morgan fingerprint density at radius 2 is 1.87 bits per heavy atom. The highest BCUT2D eigenvalue weighted by Crippen LogP contribution is 2.32. The molecule has 0 radical (unpaired) electrons. The summed E-state index contributed by atoms with van der Waals surface area (Å²) >= 11 is 0. The number of unbranched alkanes of at least 4 members (excludes halogenated alkanes) is 1. The lowest BCUT2D eigenvalue weighted by atomic mass is 10.1. The van der Waals surface area contributed by atoms with E-state index in [0.29, 0.717) is 31.3 Å². The highest BCUT2D eigenvalue weighted by Gasteiger charge is 2.34. The number of amides is 1. The summed E-state index contributed by atoms with van der Waals surface area (Å²) in [5, 5.41) is 4.16. The molecule has 4 rings (SSSR count). The quantitative estimate of drug-likeness (QED) is 0.514. The number of aromatic nitrogens is 2. The molecule has 6 heteroatoms. The first-order valence-corrected chi connectivity index (χ1v) is 10.5. The number of hydrogen-bond donors (Lipinski definition) is 0. The number of rotatable bonds is 7. The molecule has 1 aliphatic heterocycles. The van der Waals surface area contributed by atoms with E-state index in [1.807, 2.05) is 55.1 Å². The van der Waals surface area contributed by atoms with Crippen LogP contribution < -0.4 is 9.64 Å². The van der Waals surface area contributed by atoms with E-state index in [2.05, 4.69) is 23.1 Å². The molecule has 2 heterocycles. The van der Waals surface area contributed by atoms with Gasteiger partial charge in [-0.05, 0) is 67.8 Å². The molecule has 0 N–H and O–H groups in total. The van der Waals surface area contributed by atoms with Crippen molar-refractivity contribution >= 4 is 11.6 Å². The normalized spacial score (nSPS) is 16.3. The average Bonchev–Trinajstić information content (AvgIpc) is 3.35. The van der Waals surface area contributed by atoms with Crippen molar-refractivity contribution < 1.29 is 14.1 Å². The molecular weight excluding hydrogens is 378 g/mol. The SMILES string of the molecule is CCCCOc1ccc(-c2nc(C3CC(=O)N(c4cc(C)cc(C)c4)C3)no2)cc1. The fourth-order valence-corrected chi connectivity index (χ4v) is 3.78. The van der Waals surface area contributed by atoms with Crippen molar-refractivity contribution in [1.82, 2.24) is 10.1 Å². The van der Waals surface area contributed by atoms with Gasteiger partial charge in [-0.3, -0.25) is 4.79 Å². The van der Waals surface area contributed by atoms with Gasteiger partial charge in [-0.2, -0.15) is 4.98 Å². The second kappa shape index (κ2) is 8.69. The molecule has 0 spiro atoms. The molecule has 1 amide bonds. The van der Waals surface area contributed by atoms with Crippen molar-refractivity contribution in [3.63, 3.8) is 0 Å². The Kier molecular flexibility index (Phi) is 5.84. The lowest BCUT2D eigenvalue weighted by molar-refractivity contribution is -0.117. The molecule has 0 aliphatic carbocycles. The summed E-state index contributed by atoms with van der Waals surface area (Å²) in [6.07, 6.45) is 2.53. The fraction of sp³-hybridized carbons (Fsp3) is 0.375. The smallest absolute Gasteiger partial charge is 0.257 e. The van der Waals surface area contributed by atoms with E-state index in [9.17, 15) is 4.79 Å². The lowest BCUT2D eigenvalue weighted by Gasteiger charge is -2.17. The minimum atomic E-state index is -0.0764. The summed E-state index contributed by atoms with van der Waals surface area (Å²) in [5.74, 6) is 1.88. The van der Waals surface area contributed by atoms with Crippen LogP contribution in [0.25, 0.3) is 11.5 Å². The summed E-state index contributed by atoms with van der Waals surface area (Å²) in [6, 6.07) is 13.8. The molecule has 0 saturated carbocycles. The van der Waals surface area contributed by atoms with Crippen LogP contribution in [-0.2, 0) is 4.79 Å². The Balaban J connectivity index is 1.46. The molecule has 1 fully saturated rings. The molecule has 1 atom stereocenters. The van der Waals surface area contributed by atoms with Gasteiger partial charge in [0.2, 0.25) is 5.91 Å². The molecule has 156 valence electrons. The first-order chi connectivity index (χ1) is 14.5. The topological polar surface area (TPSA) is 68.5 Å². The van der Waals surface area contributed by atoms with Crippen LogP contribution in [0.1, 0.15) is 49.1 Å². The van der Waals surface area contributed by atoms with Gasteiger partial charge in [-0.25, -0.2) is 0 Å². The number of hydrogen-bond acceptors (Lipinski definition) is 5. The highest BCUT2D eigenvalue weighted by atomic mass is 16.5. The standard InChI is InChI=1S/C24H27N3O3/c1-4-5-10-29-21-8-6-18(7-9-21)24-25-23(26-30-24)19-14-22(28)27(15-19)20-12-16(2)11-17(3)13-20/h6-9,11-13,19H,4-5,10,14-15H2,1-3H3. The Hall–Kier alpha value is -3.15. The summed E-state index contributed by atoms with van der Waals surface area (Å²) in [7, 11) is 0. The van der Waals surface area contributed by atoms with E-state index in [4.69, 9.17) is 9.26 Å². The maximum Gasteiger partial charge on any atom is 0.257 e. The van der Waals surface area contributed by atoms with Crippen molar-refractivity contribution in [1.29, 1.82) is 0 Å². The summed E-state index contributed by atoms with van der Waals surface area (Å²) in [4.78, 5) is 19.0. The third kappa shape index (κ3) is 4.37. The predicted molar refractivity (Wildman–Crippen MR) is 116 cm³/mol. The van der Waals surface area contributed by atoms with Crippen molar-refractivity contribution in [2.45, 2.75) is 46.0 Å². The fourth-order valence-electron chi connectivity index (χ4n) is 3.78. The Labute approximate surface area is 176 Å². The van der Waals surface area contributed by atoms with Crippen molar-refractivity contribution in [3.8, 4) is 17.2 Å². The molecule has 1 aliphatic rings. The van der Waals surface area contributed by atoms with E-state index < -0.39 is 0 Å². The molecule has 0 bridgehead atoms. The van der Waals surface area contributed by atoms with Gasteiger partial charge in [-0.1, -0.05) is 24.6 Å². The zero-order chi connectivity index (χ0) is 21.1. The molecule has 1 saturated heterocycles. The Morgan fingerprint density at radius 3 is 2.57 bits per heavy atom. The van der Waals surface area contributed by atoms with Gasteiger partial charge in [0.15, 0.2) is 5.82 Å². The molecule has 3 aromatic rings. The molecular formula is C24H27N3O3. The molecule has 1 unspecified atom stereocenters. The second-order valence-corrected chi connectivity index (χ2v) is 7.94. The summed E-state index contributed by atoms with van der Waals surface area (Å²) in [5.41, 5.74) is 4.06. The molecule has 30 heavy (non-hydrogen) atoms. The van der Waals surface area contributed by atoms with Crippen LogP contribution in [0.2, 0.25) is 0 Å². The van der Waals surface area contributed by atoms with Crippen LogP contribution in [0.5, 0.6) is 5.75 Å². The van der Waals surface area contributed by atoms with Gasteiger partial charge in [0, 0.05) is 30.1 Å². The zero-order valence-corrected chi connectivity index (χ0v) is 17.7. The van der Waals surface area contributed by atoms with Gasteiger partial charge < -0.3 is 14.2 Å². The Morgan fingerprint density at radius 1 is 1.13 bits per heavy atom. The van der Waals surface area contributed by atoms with Crippen LogP contribution in [0, 0.1) is 13.8 Å². The third-order valence-corrected chi connectivity index (χ3v) is 5.32. The number of carbonyl (C=O) groups excluding carboxylic acids is 1. The number of carbonyl (C=O) groups is 1. The maximum absolute atomic E-state index is 12.6. The van der Waals surface area contributed by atoms with Crippen LogP contribution >= 0.6 is 0 Å². The average molecular weight is 405 g/mol. The van der Waals surface area contributed by atoms with Gasteiger partial charge in [-0.15, -0.1) is 0 Å². The van der Waals surface area contributed by atoms with E-state index in [0.717, 1.165) is 41.0 Å². The van der Waals surface area contributed by atoms with Gasteiger partial charge >= 0.3 is 0 Å². The number of ether oxygens (including phenoxy) is 1. The van der Waals surface area contributed by atoms with Crippen molar-refractivity contribution in [3.05, 3.63) is 59.4 Å². The van der Waals surface area contributed by atoms with Crippen molar-refractivity contribution in [2.24, 2.45) is 0 Å². The summed E-state index contributed by atoms with van der Waals surface area (Å²) < 4.78 is 11.2. The number of aryl methyl sites for hydroxylation is 2. The Bertz CT molecular complexity index is 1010. The first-order valence-electron chi connectivity index (χ1n) is 10.5. The van der Waals surface area contributed by atoms with Gasteiger partial charge in [0.25, 0.3) is 5.89 Å². The van der Waals surface area contributed by atoms with E-state index in [1.54, 1.807) is 0 Å². The first kappa shape index (κ1) is 20.1. The maximum atomic E-state index is 12.6. The second-order valence-electron chi connectivity index (χ2n) is 7.94. The van der Waals surface area contributed by atoms with Gasteiger partial charge in [0.05, 0.1) is 6.61 Å². The zero-order valence-electron chi connectivity index (χ0n) is 17.7. The van der Waals surface area contributed by atoms with Crippen LogP contribution in [0.15, 0.2) is 47.0 Å². The van der Waals surface area contributed by atoms with Crippen LogP contribution in [0.4, 0.5) is 5.69 Å². The number of benzene rings is 2. The van der Waals surface area contributed by atoms with E-state index in [1.165, 1.54) is 0 Å². The third-order valence-electron chi connectivity index (χ3n) is 5.32. The molecule has 1 aromatic heterocycles. The van der Waals surface area contributed by atoms with Crippen LogP contribution in [0.3, 0.4) is 0 Å². The minimum Gasteiger partial charge on any atom is -0.494 e. The highest BCUT2D eigenvalue weighted by molar-refractivity contribution is 5.96. The predicted octanol–water partition coefficient (Wildman–Crippen LogP) is 5.05. The molecule has 6 nitrogen and oxygen atoms in total. The van der Waals surface area contributed by atoms with Crippen molar-refractivity contribution in [2.75, 3.05) is 18.1 Å². The minimum absolute atomic E-state index is 0.0764. The van der Waals surface area contributed by atoms with Crippen LogP contribution in [-0.4, -0.2) is 29.2 Å².